The minimum absolute atomic E-state index is 0.856. The Balaban J connectivity index is 1.61. The summed E-state index contributed by atoms with van der Waals surface area (Å²) in [6.07, 6.45) is 4.20. The summed E-state index contributed by atoms with van der Waals surface area (Å²) in [7, 11) is 0. The van der Waals surface area contributed by atoms with Gasteiger partial charge in [0.15, 0.2) is 0 Å². The van der Waals surface area contributed by atoms with Gasteiger partial charge >= 0.3 is 0 Å². The summed E-state index contributed by atoms with van der Waals surface area (Å²) in [6.45, 7) is 13.7. The van der Waals surface area contributed by atoms with E-state index in [4.69, 9.17) is 0 Å². The molecule has 2 heteroatoms. The molecule has 0 aromatic heterocycles. The summed E-state index contributed by atoms with van der Waals surface area (Å²) in [6, 6.07) is 0.889. The molecule has 0 N–H and O–H groups in total. The van der Waals surface area contributed by atoms with Crippen molar-refractivity contribution >= 4 is 0 Å². The van der Waals surface area contributed by atoms with Crippen LogP contribution in [-0.4, -0.2) is 48.6 Å². The number of nitrogens with zero attached hydrogens (tertiary/aromatic N) is 2. The van der Waals surface area contributed by atoms with Crippen molar-refractivity contribution in [2.24, 2.45) is 11.8 Å². The third kappa shape index (κ3) is 3.21. The molecule has 2 saturated heterocycles. The van der Waals surface area contributed by atoms with E-state index in [1.54, 1.807) is 0 Å². The molecule has 0 spiro atoms. The highest BCUT2D eigenvalue weighted by molar-refractivity contribution is 4.89. The lowest BCUT2D eigenvalue weighted by molar-refractivity contribution is 0.0140. The molecule has 0 bridgehead atoms. The van der Waals surface area contributed by atoms with Crippen LogP contribution in [0.4, 0.5) is 0 Å². The summed E-state index contributed by atoms with van der Waals surface area (Å²) >= 11 is 0. The van der Waals surface area contributed by atoms with E-state index in [1.165, 1.54) is 52.0 Å². The van der Waals surface area contributed by atoms with Gasteiger partial charge in [0, 0.05) is 19.1 Å². The van der Waals surface area contributed by atoms with Gasteiger partial charge in [-0.2, -0.15) is 0 Å². The first kappa shape index (κ1) is 12.4. The standard InChI is InChI=1S/C14H28N2/c1-12(2)4-7-15-10-14(11-15)16-8-5-13(3)6-9-16/h12-14H,4-11H2,1-3H3. The zero-order valence-corrected chi connectivity index (χ0v) is 11.3. The monoisotopic (exact) mass is 224 g/mol. The van der Waals surface area contributed by atoms with Crippen molar-refractivity contribution in [3.05, 3.63) is 0 Å². The fraction of sp³-hybridized carbons (Fsp3) is 1.00. The molecule has 2 nitrogen and oxygen atoms in total. The van der Waals surface area contributed by atoms with E-state index in [2.05, 4.69) is 30.6 Å². The fourth-order valence-electron chi connectivity index (χ4n) is 2.79. The van der Waals surface area contributed by atoms with Gasteiger partial charge in [0.05, 0.1) is 0 Å². The Morgan fingerprint density at radius 3 is 2.31 bits per heavy atom. The van der Waals surface area contributed by atoms with Crippen LogP contribution in [0.25, 0.3) is 0 Å². The van der Waals surface area contributed by atoms with Gasteiger partial charge in [0.2, 0.25) is 0 Å². The normalized spacial score (nSPS) is 26.2. The summed E-state index contributed by atoms with van der Waals surface area (Å²) in [5, 5.41) is 0. The third-order valence-electron chi connectivity index (χ3n) is 4.30. The van der Waals surface area contributed by atoms with Gasteiger partial charge in [-0.25, -0.2) is 0 Å². The maximum absolute atomic E-state index is 2.73. The lowest BCUT2D eigenvalue weighted by Crippen LogP contribution is -2.60. The predicted molar refractivity (Wildman–Crippen MR) is 69.7 cm³/mol. The largest absolute Gasteiger partial charge is 0.300 e. The van der Waals surface area contributed by atoms with Crippen LogP contribution in [-0.2, 0) is 0 Å². The van der Waals surface area contributed by atoms with Crippen molar-refractivity contribution in [3.8, 4) is 0 Å². The average Bonchev–Trinajstić information content (AvgIpc) is 2.18. The first-order valence-electron chi connectivity index (χ1n) is 7.11. The van der Waals surface area contributed by atoms with Crippen molar-refractivity contribution in [1.29, 1.82) is 0 Å². The summed E-state index contributed by atoms with van der Waals surface area (Å²) in [5.41, 5.74) is 0. The Bertz CT molecular complexity index is 201. The van der Waals surface area contributed by atoms with Gasteiger partial charge < -0.3 is 4.90 Å². The molecule has 0 aromatic carbocycles. The first-order valence-corrected chi connectivity index (χ1v) is 7.11. The Morgan fingerprint density at radius 1 is 1.12 bits per heavy atom. The van der Waals surface area contributed by atoms with E-state index in [-0.39, 0.29) is 0 Å². The smallest absolute Gasteiger partial charge is 0.0350 e. The molecular weight excluding hydrogens is 196 g/mol. The number of rotatable bonds is 4. The van der Waals surface area contributed by atoms with Crippen molar-refractivity contribution in [1.82, 2.24) is 9.80 Å². The van der Waals surface area contributed by atoms with Gasteiger partial charge in [-0.15, -0.1) is 0 Å². The zero-order valence-electron chi connectivity index (χ0n) is 11.3. The minimum Gasteiger partial charge on any atom is -0.300 e. The molecule has 0 unspecified atom stereocenters. The molecule has 0 aromatic rings. The van der Waals surface area contributed by atoms with E-state index in [0.717, 1.165) is 17.9 Å². The zero-order chi connectivity index (χ0) is 11.5. The highest BCUT2D eigenvalue weighted by atomic mass is 15.3. The topological polar surface area (TPSA) is 6.48 Å². The van der Waals surface area contributed by atoms with E-state index in [9.17, 15) is 0 Å². The maximum Gasteiger partial charge on any atom is 0.0350 e. The second-order valence-corrected chi connectivity index (χ2v) is 6.31. The fourth-order valence-corrected chi connectivity index (χ4v) is 2.79. The molecule has 2 aliphatic rings. The molecule has 2 aliphatic heterocycles. The Hall–Kier alpha value is -0.0800. The number of hydrogen-bond donors (Lipinski definition) is 0. The Labute approximate surface area is 101 Å². The molecule has 0 saturated carbocycles. The Kier molecular flexibility index (Phi) is 4.26. The van der Waals surface area contributed by atoms with Crippen molar-refractivity contribution in [2.45, 2.75) is 46.1 Å². The predicted octanol–water partition coefficient (Wildman–Crippen LogP) is 2.45. The van der Waals surface area contributed by atoms with Crippen LogP contribution in [0.5, 0.6) is 0 Å². The lowest BCUT2D eigenvalue weighted by Gasteiger charge is -2.47. The van der Waals surface area contributed by atoms with Gasteiger partial charge in [0.25, 0.3) is 0 Å². The van der Waals surface area contributed by atoms with E-state index < -0.39 is 0 Å². The van der Waals surface area contributed by atoms with Crippen LogP contribution in [0.2, 0.25) is 0 Å². The first-order chi connectivity index (χ1) is 7.65. The molecule has 2 fully saturated rings. The van der Waals surface area contributed by atoms with Gasteiger partial charge in [-0.05, 0) is 50.7 Å². The summed E-state index contributed by atoms with van der Waals surface area (Å²) < 4.78 is 0. The van der Waals surface area contributed by atoms with Crippen LogP contribution < -0.4 is 0 Å². The average molecular weight is 224 g/mol. The summed E-state index contributed by atoms with van der Waals surface area (Å²) in [4.78, 5) is 5.36. The minimum atomic E-state index is 0.856. The highest BCUT2D eigenvalue weighted by Crippen LogP contribution is 2.23. The van der Waals surface area contributed by atoms with Crippen LogP contribution >= 0.6 is 0 Å². The Morgan fingerprint density at radius 2 is 1.75 bits per heavy atom. The number of piperidine rings is 1. The van der Waals surface area contributed by atoms with Crippen molar-refractivity contribution < 1.29 is 0 Å². The summed E-state index contributed by atoms with van der Waals surface area (Å²) in [5.74, 6) is 1.82. The lowest BCUT2D eigenvalue weighted by atomic mass is 9.95. The van der Waals surface area contributed by atoms with Gasteiger partial charge in [-0.3, -0.25) is 4.90 Å². The molecule has 0 atom stereocenters. The molecule has 94 valence electrons. The van der Waals surface area contributed by atoms with Crippen molar-refractivity contribution in [2.75, 3.05) is 32.7 Å². The number of likely N-dealkylation sites (tertiary alicyclic amines) is 2. The van der Waals surface area contributed by atoms with Crippen LogP contribution in [0, 0.1) is 11.8 Å². The number of hydrogen-bond acceptors (Lipinski definition) is 2. The molecule has 0 amide bonds. The molecule has 2 rings (SSSR count). The maximum atomic E-state index is 2.73. The molecule has 0 aliphatic carbocycles. The second kappa shape index (κ2) is 5.50. The molecule has 16 heavy (non-hydrogen) atoms. The van der Waals surface area contributed by atoms with Gasteiger partial charge in [-0.1, -0.05) is 20.8 Å². The van der Waals surface area contributed by atoms with E-state index in [1.807, 2.05) is 0 Å². The van der Waals surface area contributed by atoms with Crippen LogP contribution in [0.3, 0.4) is 0 Å². The van der Waals surface area contributed by atoms with Crippen LogP contribution in [0.1, 0.15) is 40.0 Å². The van der Waals surface area contributed by atoms with Crippen LogP contribution in [0.15, 0.2) is 0 Å². The second-order valence-electron chi connectivity index (χ2n) is 6.31. The van der Waals surface area contributed by atoms with Gasteiger partial charge in [0.1, 0.15) is 0 Å². The highest BCUT2D eigenvalue weighted by Gasteiger charge is 2.32. The quantitative estimate of drug-likeness (QED) is 0.724. The van der Waals surface area contributed by atoms with E-state index >= 15 is 0 Å². The SMILES string of the molecule is CC(C)CCN1CC(N2CCC(C)CC2)C1. The molecule has 0 radical (unpaired) electrons. The van der Waals surface area contributed by atoms with E-state index in [0.29, 0.717) is 0 Å². The van der Waals surface area contributed by atoms with Crippen molar-refractivity contribution in [3.63, 3.8) is 0 Å². The molecular formula is C14H28N2. The third-order valence-corrected chi connectivity index (χ3v) is 4.30. The molecule has 2 heterocycles.